The van der Waals surface area contributed by atoms with Crippen molar-refractivity contribution in [2.45, 2.75) is 29.5 Å². The highest BCUT2D eigenvalue weighted by molar-refractivity contribution is 7.99. The van der Waals surface area contributed by atoms with Crippen LogP contribution in [0.2, 0.25) is 0 Å². The molecule has 1 aromatic rings. The Morgan fingerprint density at radius 2 is 2.00 bits per heavy atom. The number of carboxylic acids is 1. The van der Waals surface area contributed by atoms with Gasteiger partial charge in [-0.25, -0.2) is 4.79 Å². The third-order valence-corrected chi connectivity index (χ3v) is 4.28. The molecule has 126 valence electrons. The summed E-state index contributed by atoms with van der Waals surface area (Å²) in [6, 6.07) is 4.58. The highest BCUT2D eigenvalue weighted by Gasteiger charge is 2.31. The number of rotatable bonds is 6. The normalized spacial score (nSPS) is 19.3. The average Bonchev–Trinajstić information content (AvgIpc) is 2.53. The van der Waals surface area contributed by atoms with Crippen LogP contribution in [0, 0.1) is 5.92 Å². The Balaban J connectivity index is 2.01. The predicted octanol–water partition coefficient (Wildman–Crippen LogP) is 2.61. The summed E-state index contributed by atoms with van der Waals surface area (Å²) in [4.78, 5) is 23.9. The van der Waals surface area contributed by atoms with Crippen molar-refractivity contribution < 1.29 is 28.2 Å². The highest BCUT2D eigenvalue weighted by Crippen LogP contribution is 2.25. The molecule has 0 bridgehead atoms. The molecule has 1 fully saturated rings. The summed E-state index contributed by atoms with van der Waals surface area (Å²) in [6.45, 7) is 0.890. The summed E-state index contributed by atoms with van der Waals surface area (Å²) in [5.74, 6) is -4.47. The zero-order chi connectivity index (χ0) is 16.8. The lowest BCUT2D eigenvalue weighted by Gasteiger charge is -2.28. The van der Waals surface area contributed by atoms with Crippen molar-refractivity contribution in [3.63, 3.8) is 0 Å². The van der Waals surface area contributed by atoms with Crippen molar-refractivity contribution in [2.24, 2.45) is 5.92 Å². The van der Waals surface area contributed by atoms with Crippen molar-refractivity contribution in [1.29, 1.82) is 0 Å². The molecule has 0 aliphatic carbocycles. The number of carboxylic acid groups (broad SMARTS) is 1. The monoisotopic (exact) mass is 345 g/mol. The molecular weight excluding hydrogens is 328 g/mol. The molecule has 1 aliphatic heterocycles. The lowest BCUT2D eigenvalue weighted by molar-refractivity contribution is -0.142. The first-order valence-electron chi connectivity index (χ1n) is 7.13. The minimum absolute atomic E-state index is 0.228. The second-order valence-corrected chi connectivity index (χ2v) is 6.23. The number of benzene rings is 1. The lowest BCUT2D eigenvalue weighted by atomic mass is 9.93. The number of nitrogens with one attached hydrogen (secondary N) is 1. The molecule has 5 nitrogen and oxygen atoms in total. The molecule has 1 aliphatic rings. The van der Waals surface area contributed by atoms with Crippen LogP contribution >= 0.6 is 11.8 Å². The van der Waals surface area contributed by atoms with Crippen LogP contribution in [0.25, 0.3) is 0 Å². The van der Waals surface area contributed by atoms with Gasteiger partial charge >= 0.3 is 5.97 Å². The number of aliphatic carboxylic acids is 1. The fraction of sp³-hybridized carbons (Fsp3) is 0.467. The van der Waals surface area contributed by atoms with Gasteiger partial charge in [0.1, 0.15) is 6.04 Å². The van der Waals surface area contributed by atoms with E-state index in [0.717, 1.165) is 6.42 Å². The van der Waals surface area contributed by atoms with E-state index in [1.807, 2.05) is 0 Å². The molecular formula is C15H17F2NO4S. The van der Waals surface area contributed by atoms with Crippen molar-refractivity contribution in [1.82, 2.24) is 5.32 Å². The average molecular weight is 345 g/mol. The van der Waals surface area contributed by atoms with Crippen molar-refractivity contribution in [2.75, 3.05) is 13.2 Å². The van der Waals surface area contributed by atoms with Crippen LogP contribution in [0.3, 0.4) is 0 Å². The summed E-state index contributed by atoms with van der Waals surface area (Å²) < 4.78 is 29.8. The molecule has 2 N–H and O–H groups in total. The number of amides is 1. The Labute approximate surface area is 136 Å². The first-order valence-corrected chi connectivity index (χ1v) is 8.01. The van der Waals surface area contributed by atoms with E-state index < -0.39 is 23.7 Å². The molecule has 1 amide bonds. The van der Waals surface area contributed by atoms with E-state index in [1.54, 1.807) is 0 Å². The van der Waals surface area contributed by atoms with Crippen LogP contribution < -0.4 is 5.32 Å². The van der Waals surface area contributed by atoms with Gasteiger partial charge in [0.25, 0.3) is 11.7 Å². The first-order chi connectivity index (χ1) is 11.0. The fourth-order valence-electron chi connectivity index (χ4n) is 2.42. The Bertz CT molecular complexity index is 547. The standard InChI is InChI=1S/C15H17F2NO4S/c16-15(17)23-11-5-3-9(4-6-11)13(19)18-12(14(20)21)10-2-1-7-22-8-10/h3-6,10,12,15H,1-2,7-8H2,(H,18,19)(H,20,21). The number of ether oxygens (including phenoxy) is 1. The van der Waals surface area contributed by atoms with Gasteiger partial charge in [0, 0.05) is 23.0 Å². The maximum absolute atomic E-state index is 12.3. The van der Waals surface area contributed by atoms with E-state index in [0.29, 0.717) is 36.3 Å². The molecule has 0 radical (unpaired) electrons. The second-order valence-electron chi connectivity index (χ2n) is 5.17. The molecule has 0 spiro atoms. The Morgan fingerprint density at radius 3 is 2.52 bits per heavy atom. The number of alkyl halides is 2. The molecule has 1 aromatic carbocycles. The van der Waals surface area contributed by atoms with Gasteiger partial charge < -0.3 is 15.2 Å². The first kappa shape index (κ1) is 17.7. The number of halogens is 2. The molecule has 0 saturated carbocycles. The van der Waals surface area contributed by atoms with Gasteiger partial charge in [-0.2, -0.15) is 8.78 Å². The Morgan fingerprint density at radius 1 is 1.30 bits per heavy atom. The highest BCUT2D eigenvalue weighted by atomic mass is 32.2. The molecule has 1 saturated heterocycles. The molecule has 2 rings (SSSR count). The summed E-state index contributed by atoms with van der Waals surface area (Å²) in [5, 5.41) is 11.8. The molecule has 2 unspecified atom stereocenters. The van der Waals surface area contributed by atoms with Crippen molar-refractivity contribution in [3.8, 4) is 0 Å². The van der Waals surface area contributed by atoms with Gasteiger partial charge in [-0.3, -0.25) is 4.79 Å². The van der Waals surface area contributed by atoms with Crippen LogP contribution in [0.4, 0.5) is 8.78 Å². The summed E-state index contributed by atoms with van der Waals surface area (Å²) in [7, 11) is 0. The largest absolute Gasteiger partial charge is 0.480 e. The lowest BCUT2D eigenvalue weighted by Crippen LogP contribution is -2.48. The van der Waals surface area contributed by atoms with Crippen LogP contribution in [-0.2, 0) is 9.53 Å². The Hall–Kier alpha value is -1.67. The summed E-state index contributed by atoms with van der Waals surface area (Å²) >= 11 is 0.385. The fourth-order valence-corrected chi connectivity index (χ4v) is 2.92. The SMILES string of the molecule is O=C(NC(C(=O)O)C1CCCOC1)c1ccc(SC(F)F)cc1. The van der Waals surface area contributed by atoms with Gasteiger partial charge in [0.2, 0.25) is 0 Å². The van der Waals surface area contributed by atoms with E-state index >= 15 is 0 Å². The summed E-state index contributed by atoms with van der Waals surface area (Å²) in [5.41, 5.74) is 0.228. The number of hydrogen-bond donors (Lipinski definition) is 2. The Kier molecular flexibility index (Phi) is 6.35. The molecule has 8 heteroatoms. The quantitative estimate of drug-likeness (QED) is 0.775. The zero-order valence-electron chi connectivity index (χ0n) is 12.2. The van der Waals surface area contributed by atoms with Crippen LogP contribution in [0.15, 0.2) is 29.2 Å². The van der Waals surface area contributed by atoms with Crippen LogP contribution in [0.1, 0.15) is 23.2 Å². The van der Waals surface area contributed by atoms with Gasteiger partial charge in [-0.1, -0.05) is 11.8 Å². The van der Waals surface area contributed by atoms with Crippen LogP contribution in [0.5, 0.6) is 0 Å². The minimum atomic E-state index is -2.53. The number of carbonyl (C=O) groups excluding carboxylic acids is 1. The smallest absolute Gasteiger partial charge is 0.326 e. The van der Waals surface area contributed by atoms with E-state index in [-0.39, 0.29) is 11.5 Å². The van der Waals surface area contributed by atoms with Gasteiger partial charge in [0.05, 0.1) is 6.61 Å². The van der Waals surface area contributed by atoms with E-state index in [2.05, 4.69) is 5.32 Å². The molecule has 23 heavy (non-hydrogen) atoms. The maximum Gasteiger partial charge on any atom is 0.326 e. The van der Waals surface area contributed by atoms with E-state index in [4.69, 9.17) is 4.74 Å². The molecule has 1 heterocycles. The maximum atomic E-state index is 12.3. The third kappa shape index (κ3) is 5.18. The van der Waals surface area contributed by atoms with Crippen molar-refractivity contribution >= 4 is 23.6 Å². The second kappa shape index (κ2) is 8.26. The summed E-state index contributed by atoms with van der Waals surface area (Å²) in [6.07, 6.45) is 1.42. The van der Waals surface area contributed by atoms with E-state index in [1.165, 1.54) is 24.3 Å². The predicted molar refractivity (Wildman–Crippen MR) is 80.7 cm³/mol. The van der Waals surface area contributed by atoms with Crippen molar-refractivity contribution in [3.05, 3.63) is 29.8 Å². The van der Waals surface area contributed by atoms with E-state index in [9.17, 15) is 23.5 Å². The topological polar surface area (TPSA) is 75.6 Å². The van der Waals surface area contributed by atoms with Gasteiger partial charge in [-0.15, -0.1) is 0 Å². The number of hydrogen-bond acceptors (Lipinski definition) is 4. The van der Waals surface area contributed by atoms with Crippen LogP contribution in [-0.4, -0.2) is 42.0 Å². The third-order valence-electron chi connectivity index (χ3n) is 3.56. The molecule has 0 aromatic heterocycles. The van der Waals surface area contributed by atoms with Gasteiger partial charge in [-0.05, 0) is 37.1 Å². The number of carbonyl (C=O) groups is 2. The molecule has 2 atom stereocenters. The number of thioether (sulfide) groups is 1. The minimum Gasteiger partial charge on any atom is -0.480 e. The van der Waals surface area contributed by atoms with Gasteiger partial charge in [0.15, 0.2) is 0 Å². The zero-order valence-corrected chi connectivity index (χ0v) is 13.0.